The van der Waals surface area contributed by atoms with Crippen molar-refractivity contribution in [2.45, 2.75) is 52.5 Å². The summed E-state index contributed by atoms with van der Waals surface area (Å²) in [6, 6.07) is -0.0848. The van der Waals surface area contributed by atoms with Gasteiger partial charge in [0.05, 0.1) is 6.04 Å². The first-order valence-corrected chi connectivity index (χ1v) is 8.25. The predicted molar refractivity (Wildman–Crippen MR) is 91.7 cm³/mol. The standard InChI is InChI=1S/C17H25N5O2/c1-5-6-14(16-18-9-10-22(16)4)21-15(23)8-7-13-11(2)19-17(24)20-12(13)3/h9-10,14H,5-8H2,1-4H3,(H,21,23)(H,19,20,24)/t14-/m1/s1. The second kappa shape index (κ2) is 7.90. The lowest BCUT2D eigenvalue weighted by molar-refractivity contribution is -0.121. The summed E-state index contributed by atoms with van der Waals surface area (Å²) in [7, 11) is 1.93. The molecule has 7 nitrogen and oxygen atoms in total. The normalized spacial score (nSPS) is 12.2. The Balaban J connectivity index is 2.02. The Morgan fingerprint density at radius 1 is 1.42 bits per heavy atom. The quantitative estimate of drug-likeness (QED) is 0.808. The van der Waals surface area contributed by atoms with Gasteiger partial charge in [-0.3, -0.25) is 4.79 Å². The molecule has 0 fully saturated rings. The average Bonchev–Trinajstić information content (AvgIpc) is 2.91. The Hall–Kier alpha value is -2.44. The third-order valence-electron chi connectivity index (χ3n) is 4.14. The fraction of sp³-hybridized carbons (Fsp3) is 0.529. The van der Waals surface area contributed by atoms with Crippen molar-refractivity contribution in [2.75, 3.05) is 0 Å². The highest BCUT2D eigenvalue weighted by molar-refractivity contribution is 5.76. The molecule has 0 aliphatic carbocycles. The number of aromatic amines is 1. The Labute approximate surface area is 141 Å². The number of nitrogens with one attached hydrogen (secondary N) is 2. The second-order valence-electron chi connectivity index (χ2n) is 6.04. The van der Waals surface area contributed by atoms with Crippen molar-refractivity contribution < 1.29 is 4.79 Å². The van der Waals surface area contributed by atoms with Crippen molar-refractivity contribution >= 4 is 5.91 Å². The van der Waals surface area contributed by atoms with Crippen LogP contribution in [0.4, 0.5) is 0 Å². The first-order valence-electron chi connectivity index (χ1n) is 8.25. The van der Waals surface area contributed by atoms with E-state index in [1.807, 2.05) is 24.7 Å². The van der Waals surface area contributed by atoms with Gasteiger partial charge in [-0.05, 0) is 32.3 Å². The maximum Gasteiger partial charge on any atom is 0.345 e. The Kier molecular flexibility index (Phi) is 5.89. The highest BCUT2D eigenvalue weighted by Gasteiger charge is 2.18. The molecule has 24 heavy (non-hydrogen) atoms. The van der Waals surface area contributed by atoms with E-state index in [1.165, 1.54) is 0 Å². The van der Waals surface area contributed by atoms with E-state index in [1.54, 1.807) is 13.1 Å². The van der Waals surface area contributed by atoms with Gasteiger partial charge in [0.15, 0.2) is 0 Å². The summed E-state index contributed by atoms with van der Waals surface area (Å²) in [4.78, 5) is 34.6. The smallest absolute Gasteiger partial charge is 0.345 e. The topological polar surface area (TPSA) is 92.7 Å². The van der Waals surface area contributed by atoms with Crippen LogP contribution in [0.5, 0.6) is 0 Å². The van der Waals surface area contributed by atoms with E-state index < -0.39 is 0 Å². The third kappa shape index (κ3) is 4.31. The van der Waals surface area contributed by atoms with Gasteiger partial charge in [0.2, 0.25) is 5.91 Å². The van der Waals surface area contributed by atoms with Gasteiger partial charge in [-0.2, -0.15) is 4.98 Å². The molecule has 0 radical (unpaired) electrons. The van der Waals surface area contributed by atoms with Gasteiger partial charge in [0.25, 0.3) is 0 Å². The zero-order chi connectivity index (χ0) is 17.7. The number of imidazole rings is 1. The van der Waals surface area contributed by atoms with Crippen molar-refractivity contribution in [1.29, 1.82) is 0 Å². The molecule has 0 saturated carbocycles. The largest absolute Gasteiger partial charge is 0.346 e. The van der Waals surface area contributed by atoms with Gasteiger partial charge < -0.3 is 14.9 Å². The van der Waals surface area contributed by atoms with Crippen LogP contribution >= 0.6 is 0 Å². The molecule has 0 spiro atoms. The van der Waals surface area contributed by atoms with E-state index in [0.29, 0.717) is 18.5 Å². The van der Waals surface area contributed by atoms with Gasteiger partial charge in [-0.15, -0.1) is 0 Å². The van der Waals surface area contributed by atoms with Crippen molar-refractivity contribution in [3.8, 4) is 0 Å². The van der Waals surface area contributed by atoms with Crippen LogP contribution in [0, 0.1) is 13.8 Å². The molecule has 1 amide bonds. The number of aryl methyl sites for hydroxylation is 3. The summed E-state index contributed by atoms with van der Waals surface area (Å²) in [6.45, 7) is 5.71. The lowest BCUT2D eigenvalue weighted by atomic mass is 10.1. The monoisotopic (exact) mass is 331 g/mol. The molecule has 0 saturated heterocycles. The number of rotatable bonds is 7. The number of hydrogen-bond acceptors (Lipinski definition) is 4. The number of amides is 1. The fourth-order valence-electron chi connectivity index (χ4n) is 2.90. The minimum Gasteiger partial charge on any atom is -0.346 e. The SMILES string of the molecule is CCC[C@@H](NC(=O)CCc1c(C)nc(=O)[nH]c1C)c1nccn1C. The number of hydrogen-bond donors (Lipinski definition) is 2. The number of carbonyl (C=O) groups excluding carboxylic acids is 1. The van der Waals surface area contributed by atoms with Gasteiger partial charge >= 0.3 is 5.69 Å². The lowest BCUT2D eigenvalue weighted by Gasteiger charge is -2.18. The van der Waals surface area contributed by atoms with E-state index in [2.05, 4.69) is 27.2 Å². The number of aromatic nitrogens is 4. The second-order valence-corrected chi connectivity index (χ2v) is 6.04. The van der Waals surface area contributed by atoms with Crippen LogP contribution in [0.3, 0.4) is 0 Å². The first-order chi connectivity index (χ1) is 11.4. The molecule has 0 aromatic carbocycles. The van der Waals surface area contributed by atoms with Crippen LogP contribution in [0.1, 0.15) is 55.0 Å². The molecule has 0 bridgehead atoms. The van der Waals surface area contributed by atoms with E-state index in [-0.39, 0.29) is 17.6 Å². The van der Waals surface area contributed by atoms with Crippen molar-refractivity contribution in [3.63, 3.8) is 0 Å². The van der Waals surface area contributed by atoms with E-state index in [9.17, 15) is 9.59 Å². The Bertz CT molecular complexity index is 736. The molecular formula is C17H25N5O2. The Morgan fingerprint density at radius 2 is 2.17 bits per heavy atom. The van der Waals surface area contributed by atoms with Crippen LogP contribution in [-0.4, -0.2) is 25.4 Å². The van der Waals surface area contributed by atoms with E-state index in [0.717, 1.165) is 29.9 Å². The van der Waals surface area contributed by atoms with Crippen molar-refractivity contribution in [1.82, 2.24) is 24.8 Å². The highest BCUT2D eigenvalue weighted by Crippen LogP contribution is 2.17. The molecule has 0 unspecified atom stereocenters. The zero-order valence-corrected chi connectivity index (χ0v) is 14.7. The fourth-order valence-corrected chi connectivity index (χ4v) is 2.90. The molecule has 0 aliphatic heterocycles. The number of H-pyrrole nitrogens is 1. The highest BCUT2D eigenvalue weighted by atomic mass is 16.1. The van der Waals surface area contributed by atoms with Crippen molar-refractivity contribution in [3.05, 3.63) is 45.7 Å². The van der Waals surface area contributed by atoms with Gasteiger partial charge in [-0.1, -0.05) is 13.3 Å². The molecular weight excluding hydrogens is 306 g/mol. The van der Waals surface area contributed by atoms with Crippen molar-refractivity contribution in [2.24, 2.45) is 7.05 Å². The summed E-state index contributed by atoms with van der Waals surface area (Å²) in [5.74, 6) is 0.838. The summed E-state index contributed by atoms with van der Waals surface area (Å²) in [5, 5.41) is 3.07. The summed E-state index contributed by atoms with van der Waals surface area (Å²) in [5.41, 5.74) is 2.03. The summed E-state index contributed by atoms with van der Waals surface area (Å²) >= 11 is 0. The minimum atomic E-state index is -0.351. The molecule has 1 atom stereocenters. The molecule has 2 aromatic rings. The molecule has 2 rings (SSSR count). The van der Waals surface area contributed by atoms with Gasteiger partial charge in [0, 0.05) is 37.3 Å². The molecule has 0 aliphatic rings. The maximum absolute atomic E-state index is 12.4. The van der Waals surface area contributed by atoms with Crippen LogP contribution in [-0.2, 0) is 18.3 Å². The lowest BCUT2D eigenvalue weighted by Crippen LogP contribution is -2.30. The van der Waals surface area contributed by atoms with Gasteiger partial charge in [0.1, 0.15) is 5.82 Å². The minimum absolute atomic E-state index is 0.0264. The van der Waals surface area contributed by atoms with Crippen LogP contribution in [0.15, 0.2) is 17.2 Å². The predicted octanol–water partition coefficient (Wildman–Crippen LogP) is 1.71. The summed E-state index contributed by atoms with van der Waals surface area (Å²) in [6.07, 6.45) is 6.31. The van der Waals surface area contributed by atoms with E-state index >= 15 is 0 Å². The number of nitrogens with zero attached hydrogens (tertiary/aromatic N) is 3. The number of carbonyl (C=O) groups is 1. The third-order valence-corrected chi connectivity index (χ3v) is 4.14. The van der Waals surface area contributed by atoms with E-state index in [4.69, 9.17) is 0 Å². The Morgan fingerprint density at radius 3 is 2.75 bits per heavy atom. The molecule has 2 aromatic heterocycles. The van der Waals surface area contributed by atoms with Crippen LogP contribution in [0.25, 0.3) is 0 Å². The van der Waals surface area contributed by atoms with Crippen LogP contribution < -0.4 is 11.0 Å². The maximum atomic E-state index is 12.4. The molecule has 130 valence electrons. The zero-order valence-electron chi connectivity index (χ0n) is 14.7. The van der Waals surface area contributed by atoms with Gasteiger partial charge in [-0.25, -0.2) is 9.78 Å². The molecule has 2 heterocycles. The first kappa shape index (κ1) is 17.9. The molecule has 7 heteroatoms. The average molecular weight is 331 g/mol. The molecule has 2 N–H and O–H groups in total. The van der Waals surface area contributed by atoms with Crippen LogP contribution in [0.2, 0.25) is 0 Å². The summed E-state index contributed by atoms with van der Waals surface area (Å²) < 4.78 is 1.93.